The van der Waals surface area contributed by atoms with Gasteiger partial charge in [0.2, 0.25) is 11.6 Å². The fourth-order valence-corrected chi connectivity index (χ4v) is 4.12. The summed E-state index contributed by atoms with van der Waals surface area (Å²) in [5.74, 6) is -0.885. The molecule has 1 saturated heterocycles. The third kappa shape index (κ3) is 7.00. The molecule has 1 aromatic heterocycles. The van der Waals surface area contributed by atoms with Gasteiger partial charge in [-0.05, 0) is 25.0 Å². The first-order chi connectivity index (χ1) is 16.3. The van der Waals surface area contributed by atoms with Crippen LogP contribution in [0.2, 0.25) is 0 Å². The molecule has 1 aliphatic heterocycles. The van der Waals surface area contributed by atoms with Gasteiger partial charge >= 0.3 is 5.97 Å². The number of benzene rings is 1. The quantitative estimate of drug-likeness (QED) is 0.203. The number of nitrogens with one attached hydrogen (secondary N) is 2. The monoisotopic (exact) mass is 495 g/mol. The Morgan fingerprint density at radius 1 is 1.29 bits per heavy atom. The summed E-state index contributed by atoms with van der Waals surface area (Å²) >= 11 is 3.74. The third-order valence-corrected chi connectivity index (χ3v) is 6.28. The molecule has 3 rings (SSSR count). The standard InChI is InChI=1S/C23H31FN4O5S/c1-14-15(2)23(31-10-5-4-9-21(30)26-34)33-20(22(14)32-16(3)29)13-28-12-19(25-27-28)17-7-6-8-18(24)11-17/h6-8,11-12,14-15,20,22-23H,4-5,9-10,13H2,1-3H3,(H2,25,26,27,30,34)/p+1/t14-,15?,20?,22-,23?/m1/s1. The van der Waals surface area contributed by atoms with Gasteiger partial charge in [-0.15, -0.1) is 0 Å². The van der Waals surface area contributed by atoms with Gasteiger partial charge in [-0.3, -0.25) is 9.59 Å². The highest BCUT2D eigenvalue weighted by atomic mass is 32.1. The summed E-state index contributed by atoms with van der Waals surface area (Å²) in [7, 11) is 0. The molecule has 11 heteroatoms. The zero-order valence-electron chi connectivity index (χ0n) is 19.6. The number of aromatic nitrogens is 3. The highest BCUT2D eigenvalue weighted by molar-refractivity contribution is 7.78. The summed E-state index contributed by atoms with van der Waals surface area (Å²) in [5.41, 5.74) is 1.23. The van der Waals surface area contributed by atoms with Crippen LogP contribution in [-0.2, 0) is 30.3 Å². The van der Waals surface area contributed by atoms with E-state index in [1.807, 2.05) is 13.8 Å². The third-order valence-electron chi connectivity index (χ3n) is 6.03. The second-order valence-corrected chi connectivity index (χ2v) is 8.81. The number of nitrogens with zero attached hydrogens (tertiary/aromatic N) is 2. The maximum absolute atomic E-state index is 13.6. The van der Waals surface area contributed by atoms with Crippen LogP contribution in [-0.4, -0.2) is 47.3 Å². The maximum atomic E-state index is 13.6. The van der Waals surface area contributed by atoms with E-state index in [1.54, 1.807) is 23.0 Å². The zero-order valence-corrected chi connectivity index (χ0v) is 20.5. The van der Waals surface area contributed by atoms with Crippen LogP contribution in [0.5, 0.6) is 0 Å². The van der Waals surface area contributed by atoms with Crippen LogP contribution in [0.3, 0.4) is 0 Å². The lowest BCUT2D eigenvalue weighted by molar-refractivity contribution is -0.761. The molecule has 2 heterocycles. The lowest BCUT2D eigenvalue weighted by Gasteiger charge is -2.43. The van der Waals surface area contributed by atoms with Crippen molar-refractivity contribution < 1.29 is 32.9 Å². The molecule has 1 aromatic carbocycles. The van der Waals surface area contributed by atoms with Crippen molar-refractivity contribution in [3.63, 3.8) is 0 Å². The second kappa shape index (κ2) is 12.3. The molecule has 34 heavy (non-hydrogen) atoms. The fraction of sp³-hybridized carbons (Fsp3) is 0.565. The molecule has 0 bridgehead atoms. The van der Waals surface area contributed by atoms with E-state index in [9.17, 15) is 14.0 Å². The number of unbranched alkanes of at least 4 members (excludes halogenated alkanes) is 1. The van der Waals surface area contributed by atoms with E-state index in [2.05, 4.69) is 27.8 Å². The van der Waals surface area contributed by atoms with Crippen molar-refractivity contribution >= 4 is 24.7 Å². The Balaban J connectivity index is 1.67. The van der Waals surface area contributed by atoms with Crippen LogP contribution in [0.15, 0.2) is 30.5 Å². The van der Waals surface area contributed by atoms with Gasteiger partial charge in [0.25, 0.3) is 0 Å². The number of thiol groups is 1. The number of rotatable bonds is 10. The minimum absolute atomic E-state index is 0.0176. The predicted octanol–water partition coefficient (Wildman–Crippen LogP) is 2.58. The number of ether oxygens (including phenoxy) is 3. The number of hydrogen-bond acceptors (Lipinski definition) is 7. The average molecular weight is 496 g/mol. The molecule has 9 nitrogen and oxygen atoms in total. The van der Waals surface area contributed by atoms with Crippen molar-refractivity contribution in [2.75, 3.05) is 6.61 Å². The van der Waals surface area contributed by atoms with Gasteiger partial charge in [-0.25, -0.2) is 4.39 Å². The largest absolute Gasteiger partial charge is 0.459 e. The summed E-state index contributed by atoms with van der Waals surface area (Å²) in [5, 5.41) is 7.16. The van der Waals surface area contributed by atoms with Crippen LogP contribution in [0.4, 0.5) is 4.39 Å². The Bertz CT molecular complexity index is 974. The Hall–Kier alpha value is -2.50. The first kappa shape index (κ1) is 26.1. The van der Waals surface area contributed by atoms with Gasteiger partial charge in [-0.1, -0.05) is 44.0 Å². The number of aromatic amines is 1. The number of halogens is 1. The molecule has 1 amide bonds. The molecule has 5 atom stereocenters. The molecule has 2 aromatic rings. The molecule has 2 N–H and O–H groups in total. The summed E-state index contributed by atoms with van der Waals surface area (Å²) in [6, 6.07) is 6.19. The molecular weight excluding hydrogens is 463 g/mol. The van der Waals surface area contributed by atoms with Gasteiger partial charge in [0.05, 0.1) is 0 Å². The predicted molar refractivity (Wildman–Crippen MR) is 124 cm³/mol. The highest BCUT2D eigenvalue weighted by Gasteiger charge is 2.45. The first-order valence-electron chi connectivity index (χ1n) is 11.4. The molecule has 0 saturated carbocycles. The lowest BCUT2D eigenvalue weighted by atomic mass is 9.84. The van der Waals surface area contributed by atoms with Crippen molar-refractivity contribution in [2.24, 2.45) is 11.8 Å². The van der Waals surface area contributed by atoms with Crippen LogP contribution >= 0.6 is 12.8 Å². The zero-order chi connectivity index (χ0) is 24.7. The summed E-state index contributed by atoms with van der Waals surface area (Å²) in [6.07, 6.45) is 2.07. The van der Waals surface area contributed by atoms with Crippen molar-refractivity contribution in [3.05, 3.63) is 36.3 Å². The Kier molecular flexibility index (Phi) is 9.43. The number of amides is 1. The molecule has 1 fully saturated rings. The molecular formula is C23H32FN4O5S+. The van der Waals surface area contributed by atoms with Gasteiger partial charge < -0.3 is 18.9 Å². The topological polar surface area (TPSA) is 106 Å². The smallest absolute Gasteiger partial charge is 0.303 e. The maximum Gasteiger partial charge on any atom is 0.303 e. The Morgan fingerprint density at radius 3 is 2.79 bits per heavy atom. The summed E-state index contributed by atoms with van der Waals surface area (Å²) < 4.78 is 35.5. The minimum atomic E-state index is -0.489. The van der Waals surface area contributed by atoms with Crippen LogP contribution in [0.1, 0.15) is 40.0 Å². The number of carbonyl (C=O) groups is 2. The van der Waals surface area contributed by atoms with Gasteiger partial charge in [0.1, 0.15) is 24.6 Å². The van der Waals surface area contributed by atoms with Crippen molar-refractivity contribution in [1.82, 2.24) is 15.0 Å². The van der Waals surface area contributed by atoms with Crippen LogP contribution in [0.25, 0.3) is 11.3 Å². The summed E-state index contributed by atoms with van der Waals surface area (Å²) in [6.45, 7) is 6.16. The van der Waals surface area contributed by atoms with Crippen LogP contribution < -0.4 is 9.40 Å². The molecule has 1 aliphatic rings. The van der Waals surface area contributed by atoms with Gasteiger partial charge in [0, 0.05) is 42.4 Å². The fourth-order valence-electron chi connectivity index (χ4n) is 4.01. The molecule has 0 aliphatic carbocycles. The number of carbonyl (C=O) groups excluding carboxylic acids is 2. The molecule has 0 radical (unpaired) electrons. The minimum Gasteiger partial charge on any atom is -0.459 e. The van der Waals surface area contributed by atoms with Crippen LogP contribution in [0, 0.1) is 17.7 Å². The van der Waals surface area contributed by atoms with Gasteiger partial charge in [-0.2, -0.15) is 4.68 Å². The highest BCUT2D eigenvalue weighted by Crippen LogP contribution is 2.33. The Labute approximate surface area is 203 Å². The normalized spacial score (nSPS) is 24.6. The number of esters is 1. The second-order valence-electron chi connectivity index (χ2n) is 8.59. The SMILES string of the molecule is CC(=O)O[C@H]1C(C[n+]2cc(-c3cccc(F)c3)n[nH]2)OC(OCCCCC(=O)NS)C(C)[C@H]1C. The van der Waals surface area contributed by atoms with E-state index in [-0.39, 0.29) is 29.5 Å². The first-order valence-corrected chi connectivity index (χ1v) is 11.8. The number of H-pyrrole nitrogens is 1. The summed E-state index contributed by atoms with van der Waals surface area (Å²) in [4.78, 5) is 23.1. The van der Waals surface area contributed by atoms with E-state index in [0.29, 0.717) is 43.7 Å². The van der Waals surface area contributed by atoms with E-state index >= 15 is 0 Å². The van der Waals surface area contributed by atoms with E-state index in [1.165, 1.54) is 19.1 Å². The lowest BCUT2D eigenvalue weighted by Crippen LogP contribution is -2.57. The van der Waals surface area contributed by atoms with Crippen molar-refractivity contribution in [2.45, 2.75) is 65.1 Å². The number of hydrogen-bond donors (Lipinski definition) is 3. The van der Waals surface area contributed by atoms with E-state index in [0.717, 1.165) is 0 Å². The van der Waals surface area contributed by atoms with Crippen molar-refractivity contribution in [3.8, 4) is 11.3 Å². The van der Waals surface area contributed by atoms with E-state index in [4.69, 9.17) is 14.2 Å². The van der Waals surface area contributed by atoms with Gasteiger partial charge in [0.15, 0.2) is 12.5 Å². The van der Waals surface area contributed by atoms with Crippen molar-refractivity contribution in [1.29, 1.82) is 0 Å². The average Bonchev–Trinajstić information content (AvgIpc) is 3.27. The Morgan fingerprint density at radius 2 is 2.09 bits per heavy atom. The molecule has 0 spiro atoms. The van der Waals surface area contributed by atoms with E-state index < -0.39 is 18.5 Å². The molecule has 186 valence electrons. The molecule has 3 unspecified atom stereocenters.